The minimum absolute atomic E-state index is 0.00279. The molecular formula is C14H19ClN2O4S. The van der Waals surface area contributed by atoms with Crippen molar-refractivity contribution in [3.63, 3.8) is 0 Å². The van der Waals surface area contributed by atoms with E-state index in [0.29, 0.717) is 0 Å². The van der Waals surface area contributed by atoms with Crippen LogP contribution >= 0.6 is 11.6 Å². The third-order valence-electron chi connectivity index (χ3n) is 3.73. The van der Waals surface area contributed by atoms with Crippen LogP contribution in [0, 0.1) is 5.92 Å². The van der Waals surface area contributed by atoms with Gasteiger partial charge in [0.25, 0.3) is 0 Å². The number of hydrogen-bond donors (Lipinski definition) is 2. The smallest absolute Gasteiger partial charge is 0.337 e. The first-order valence-corrected chi connectivity index (χ1v) is 8.82. The molecule has 1 aliphatic heterocycles. The van der Waals surface area contributed by atoms with Gasteiger partial charge in [0.05, 0.1) is 17.7 Å². The van der Waals surface area contributed by atoms with Gasteiger partial charge in [0, 0.05) is 6.04 Å². The van der Waals surface area contributed by atoms with Gasteiger partial charge < -0.3 is 10.1 Å². The fraction of sp³-hybridized carbons (Fsp3) is 0.500. The number of carbonyl (C=O) groups is 1. The van der Waals surface area contributed by atoms with E-state index in [2.05, 4.69) is 14.8 Å². The van der Waals surface area contributed by atoms with E-state index >= 15 is 0 Å². The van der Waals surface area contributed by atoms with Gasteiger partial charge in [-0.15, -0.1) is 0 Å². The maximum Gasteiger partial charge on any atom is 0.337 e. The van der Waals surface area contributed by atoms with Crippen LogP contribution in [0.4, 0.5) is 0 Å². The highest BCUT2D eigenvalue weighted by molar-refractivity contribution is 7.89. The fourth-order valence-corrected chi connectivity index (χ4v) is 4.34. The Morgan fingerprint density at radius 1 is 1.45 bits per heavy atom. The molecule has 0 radical (unpaired) electrons. The van der Waals surface area contributed by atoms with Crippen LogP contribution in [-0.4, -0.2) is 40.6 Å². The summed E-state index contributed by atoms with van der Waals surface area (Å²) in [6.45, 7) is 3.52. The van der Waals surface area contributed by atoms with Gasteiger partial charge in [-0.05, 0) is 43.6 Å². The van der Waals surface area contributed by atoms with Crippen molar-refractivity contribution >= 4 is 27.6 Å². The number of esters is 1. The largest absolute Gasteiger partial charge is 0.465 e. The van der Waals surface area contributed by atoms with Crippen molar-refractivity contribution in [3.05, 3.63) is 28.8 Å². The summed E-state index contributed by atoms with van der Waals surface area (Å²) in [7, 11) is -2.48. The highest BCUT2D eigenvalue weighted by Gasteiger charge is 2.28. The predicted molar refractivity (Wildman–Crippen MR) is 83.6 cm³/mol. The number of rotatable bonds is 4. The molecule has 2 N–H and O–H groups in total. The van der Waals surface area contributed by atoms with E-state index in [0.717, 1.165) is 19.5 Å². The van der Waals surface area contributed by atoms with Crippen LogP contribution in [0.1, 0.15) is 23.7 Å². The Morgan fingerprint density at radius 2 is 2.18 bits per heavy atom. The Balaban J connectivity index is 2.24. The molecule has 1 aliphatic rings. The lowest BCUT2D eigenvalue weighted by Gasteiger charge is -2.30. The number of benzene rings is 1. The normalized spacial score (nSPS) is 22.3. The van der Waals surface area contributed by atoms with Crippen molar-refractivity contribution in [2.45, 2.75) is 24.3 Å². The van der Waals surface area contributed by atoms with Crippen molar-refractivity contribution in [2.75, 3.05) is 20.2 Å². The lowest BCUT2D eigenvalue weighted by atomic mass is 9.97. The van der Waals surface area contributed by atoms with Crippen molar-refractivity contribution in [2.24, 2.45) is 5.92 Å². The standard InChI is InChI=1S/C14H19ClN2O4S/c1-9-8-16-6-5-12(9)17-22(19,20)13-4-3-10(7-11(13)15)14(18)21-2/h3-4,7,9,12,16-17H,5-6,8H2,1-2H3. The Labute approximate surface area is 135 Å². The topological polar surface area (TPSA) is 84.5 Å². The average Bonchev–Trinajstić information content (AvgIpc) is 2.48. The van der Waals surface area contributed by atoms with Gasteiger partial charge in [-0.3, -0.25) is 0 Å². The second-order valence-electron chi connectivity index (χ2n) is 5.33. The quantitative estimate of drug-likeness (QED) is 0.805. The Hall–Kier alpha value is -1.15. The summed E-state index contributed by atoms with van der Waals surface area (Å²) in [6.07, 6.45) is 0.720. The first-order chi connectivity index (χ1) is 10.3. The van der Waals surface area contributed by atoms with Crippen LogP contribution in [-0.2, 0) is 14.8 Å². The summed E-state index contributed by atoms with van der Waals surface area (Å²) in [5.74, 6) is -0.373. The lowest BCUT2D eigenvalue weighted by Crippen LogP contribution is -2.48. The summed E-state index contributed by atoms with van der Waals surface area (Å²) in [5, 5.41) is 3.21. The van der Waals surface area contributed by atoms with Crippen molar-refractivity contribution < 1.29 is 17.9 Å². The fourth-order valence-electron chi connectivity index (χ4n) is 2.42. The molecular weight excluding hydrogens is 328 g/mol. The molecule has 0 aliphatic carbocycles. The Morgan fingerprint density at radius 3 is 2.77 bits per heavy atom. The molecule has 6 nitrogen and oxygen atoms in total. The van der Waals surface area contributed by atoms with Gasteiger partial charge in [-0.1, -0.05) is 18.5 Å². The van der Waals surface area contributed by atoms with Gasteiger partial charge in [-0.25, -0.2) is 17.9 Å². The molecule has 0 amide bonds. The zero-order chi connectivity index (χ0) is 16.3. The molecule has 0 saturated carbocycles. The molecule has 2 unspecified atom stereocenters. The number of sulfonamides is 1. The van der Waals surface area contributed by atoms with Crippen molar-refractivity contribution in [3.8, 4) is 0 Å². The van der Waals surface area contributed by atoms with Gasteiger partial charge in [0.15, 0.2) is 0 Å². The maximum atomic E-state index is 12.5. The molecule has 0 spiro atoms. The van der Waals surface area contributed by atoms with E-state index in [9.17, 15) is 13.2 Å². The summed E-state index contributed by atoms with van der Waals surface area (Å²) in [5.41, 5.74) is 0.210. The molecule has 2 rings (SSSR count). The molecule has 1 aromatic carbocycles. The van der Waals surface area contributed by atoms with Gasteiger partial charge in [-0.2, -0.15) is 0 Å². The highest BCUT2D eigenvalue weighted by Crippen LogP contribution is 2.24. The third-order valence-corrected chi connectivity index (χ3v) is 5.71. The first kappa shape index (κ1) is 17.2. The summed E-state index contributed by atoms with van der Waals surface area (Å²) in [4.78, 5) is 11.4. The first-order valence-electron chi connectivity index (χ1n) is 6.96. The highest BCUT2D eigenvalue weighted by atomic mass is 35.5. The van der Waals surface area contributed by atoms with E-state index in [1.165, 1.54) is 25.3 Å². The predicted octanol–water partition coefficient (Wildman–Crippen LogP) is 1.40. The summed E-state index contributed by atoms with van der Waals surface area (Å²) in [6, 6.07) is 3.87. The number of ether oxygens (including phenoxy) is 1. The Bertz CT molecular complexity index is 663. The van der Waals surface area contributed by atoms with E-state index in [1.807, 2.05) is 6.92 Å². The number of piperidine rings is 1. The SMILES string of the molecule is COC(=O)c1ccc(S(=O)(=O)NC2CCNCC2C)c(Cl)c1. The van der Waals surface area contributed by atoms with Gasteiger partial charge in [0.2, 0.25) is 10.0 Å². The van der Waals surface area contributed by atoms with E-state index in [1.54, 1.807) is 0 Å². The molecule has 1 aromatic rings. The average molecular weight is 347 g/mol. The molecule has 2 atom stereocenters. The zero-order valence-electron chi connectivity index (χ0n) is 12.4. The van der Waals surface area contributed by atoms with Crippen LogP contribution in [0.2, 0.25) is 5.02 Å². The number of hydrogen-bond acceptors (Lipinski definition) is 5. The number of halogens is 1. The monoisotopic (exact) mass is 346 g/mol. The number of methoxy groups -OCH3 is 1. The molecule has 122 valence electrons. The van der Waals surface area contributed by atoms with Crippen LogP contribution in [0.5, 0.6) is 0 Å². The second-order valence-corrected chi connectivity index (χ2v) is 7.42. The zero-order valence-corrected chi connectivity index (χ0v) is 14.0. The van der Waals surface area contributed by atoms with Crippen LogP contribution < -0.4 is 10.0 Å². The summed E-state index contributed by atoms with van der Waals surface area (Å²) < 4.78 is 32.2. The molecule has 1 saturated heterocycles. The number of nitrogens with one attached hydrogen (secondary N) is 2. The molecule has 0 aromatic heterocycles. The number of carbonyl (C=O) groups excluding carboxylic acids is 1. The molecule has 8 heteroatoms. The maximum absolute atomic E-state index is 12.5. The minimum atomic E-state index is -3.73. The van der Waals surface area contributed by atoms with Crippen LogP contribution in [0.25, 0.3) is 0 Å². The van der Waals surface area contributed by atoms with Crippen molar-refractivity contribution in [1.29, 1.82) is 0 Å². The van der Waals surface area contributed by atoms with Crippen LogP contribution in [0.15, 0.2) is 23.1 Å². The van der Waals surface area contributed by atoms with E-state index < -0.39 is 16.0 Å². The van der Waals surface area contributed by atoms with Crippen molar-refractivity contribution in [1.82, 2.24) is 10.0 Å². The Kier molecular flexibility index (Phi) is 5.44. The molecule has 0 bridgehead atoms. The van der Waals surface area contributed by atoms with Crippen LogP contribution in [0.3, 0.4) is 0 Å². The minimum Gasteiger partial charge on any atom is -0.465 e. The second kappa shape index (κ2) is 6.95. The van der Waals surface area contributed by atoms with Gasteiger partial charge in [0.1, 0.15) is 4.90 Å². The summed E-state index contributed by atoms with van der Waals surface area (Å²) >= 11 is 6.03. The lowest BCUT2D eigenvalue weighted by molar-refractivity contribution is 0.0600. The third kappa shape index (κ3) is 3.78. The molecule has 1 heterocycles. The van der Waals surface area contributed by atoms with E-state index in [-0.39, 0.29) is 27.4 Å². The molecule has 22 heavy (non-hydrogen) atoms. The van der Waals surface area contributed by atoms with Gasteiger partial charge >= 0.3 is 5.97 Å². The van der Waals surface area contributed by atoms with E-state index in [4.69, 9.17) is 11.6 Å². The molecule has 1 fully saturated rings.